The Morgan fingerprint density at radius 3 is 1.69 bits per heavy atom. The van der Waals surface area contributed by atoms with E-state index in [4.69, 9.17) is 28.4 Å². The lowest BCUT2D eigenvalue weighted by molar-refractivity contribution is -0.228. The zero-order valence-corrected chi connectivity index (χ0v) is 21.1. The van der Waals surface area contributed by atoms with Gasteiger partial charge in [-0.1, -0.05) is 53.4 Å². The van der Waals surface area contributed by atoms with Gasteiger partial charge >= 0.3 is 0 Å². The molecule has 7 heteroatoms. The molecule has 1 aliphatic rings. The summed E-state index contributed by atoms with van der Waals surface area (Å²) in [6, 6.07) is 0. The topological polar surface area (TPSA) is 72.5 Å². The molecule has 0 saturated heterocycles. The van der Waals surface area contributed by atoms with E-state index < -0.39 is 30.3 Å². The number of hydrogen-bond donors (Lipinski definition) is 0. The molecule has 0 spiro atoms. The van der Waals surface area contributed by atoms with Crippen LogP contribution in [-0.4, -0.2) is 77.1 Å². The predicted molar refractivity (Wildman–Crippen MR) is 125 cm³/mol. The Balaban J connectivity index is 3.16. The van der Waals surface area contributed by atoms with Crippen molar-refractivity contribution in [1.29, 1.82) is 0 Å². The molecule has 1 fully saturated rings. The first kappa shape index (κ1) is 29.5. The molecule has 0 heterocycles. The molecule has 0 N–H and O–H groups in total. The standard InChI is InChI=1S/C25H48O7/c1-6-10-14-28-18-20-21(26)23(32-19-27-5)25(31-17-13-9-4)24(30-16-12-8-3)22(20)29-15-11-7-2/h20,22-25H,6-19H2,1-5H3/t20-,22+,23+,24-,25-/m0/s1. The third-order valence-corrected chi connectivity index (χ3v) is 5.72. The highest BCUT2D eigenvalue weighted by Crippen LogP contribution is 2.32. The molecule has 0 aromatic rings. The van der Waals surface area contributed by atoms with E-state index in [2.05, 4.69) is 27.7 Å². The molecule has 1 saturated carbocycles. The summed E-state index contributed by atoms with van der Waals surface area (Å²) in [5, 5.41) is 0. The third-order valence-electron chi connectivity index (χ3n) is 5.72. The number of unbranched alkanes of at least 4 members (excludes halogenated alkanes) is 4. The zero-order chi connectivity index (χ0) is 23.6. The Hall–Kier alpha value is -0.570. The molecule has 0 aromatic carbocycles. The van der Waals surface area contributed by atoms with Crippen LogP contribution >= 0.6 is 0 Å². The highest BCUT2D eigenvalue weighted by atomic mass is 16.7. The normalized spacial score (nSPS) is 26.0. The Kier molecular flexibility index (Phi) is 17.3. The quantitative estimate of drug-likeness (QED) is 0.195. The first-order valence-electron chi connectivity index (χ1n) is 12.7. The fourth-order valence-electron chi connectivity index (χ4n) is 3.75. The highest BCUT2D eigenvalue weighted by molar-refractivity contribution is 5.88. The molecular formula is C25H48O7. The smallest absolute Gasteiger partial charge is 0.172 e. The fourth-order valence-corrected chi connectivity index (χ4v) is 3.75. The van der Waals surface area contributed by atoms with Crippen LogP contribution in [0.5, 0.6) is 0 Å². The molecule has 1 aliphatic carbocycles. The van der Waals surface area contributed by atoms with Gasteiger partial charge < -0.3 is 28.4 Å². The van der Waals surface area contributed by atoms with E-state index >= 15 is 0 Å². The minimum absolute atomic E-state index is 0.0243. The fraction of sp³-hybridized carbons (Fsp3) is 0.960. The second kappa shape index (κ2) is 18.8. The van der Waals surface area contributed by atoms with Crippen LogP contribution in [0.3, 0.4) is 0 Å². The largest absolute Gasteiger partial charge is 0.381 e. The minimum Gasteiger partial charge on any atom is -0.381 e. The van der Waals surface area contributed by atoms with Gasteiger partial charge in [-0.3, -0.25) is 4.79 Å². The lowest BCUT2D eigenvalue weighted by Gasteiger charge is -2.45. The lowest BCUT2D eigenvalue weighted by Crippen LogP contribution is -2.63. The van der Waals surface area contributed by atoms with Crippen molar-refractivity contribution in [2.75, 3.05) is 46.9 Å². The Bertz CT molecular complexity index is 460. The molecule has 190 valence electrons. The van der Waals surface area contributed by atoms with Gasteiger partial charge in [0.1, 0.15) is 25.1 Å². The molecule has 0 aromatic heterocycles. The van der Waals surface area contributed by atoms with E-state index in [0.29, 0.717) is 33.0 Å². The highest BCUT2D eigenvalue weighted by Gasteiger charge is 2.53. The summed E-state index contributed by atoms with van der Waals surface area (Å²) in [7, 11) is 1.55. The summed E-state index contributed by atoms with van der Waals surface area (Å²) >= 11 is 0. The zero-order valence-electron chi connectivity index (χ0n) is 21.1. The maximum absolute atomic E-state index is 13.6. The van der Waals surface area contributed by atoms with Gasteiger partial charge in [0.15, 0.2) is 5.78 Å². The van der Waals surface area contributed by atoms with E-state index in [0.717, 1.165) is 51.4 Å². The summed E-state index contributed by atoms with van der Waals surface area (Å²) in [4.78, 5) is 13.6. The first-order valence-corrected chi connectivity index (χ1v) is 12.7. The van der Waals surface area contributed by atoms with Crippen molar-refractivity contribution in [1.82, 2.24) is 0 Å². The minimum atomic E-state index is -0.760. The van der Waals surface area contributed by atoms with Gasteiger partial charge in [0.05, 0.1) is 18.6 Å². The summed E-state index contributed by atoms with van der Waals surface area (Å²) in [6.45, 7) is 11.2. The summed E-state index contributed by atoms with van der Waals surface area (Å²) in [6.07, 6.45) is 5.76. The Morgan fingerprint density at radius 1 is 0.656 bits per heavy atom. The second-order valence-electron chi connectivity index (χ2n) is 8.50. The van der Waals surface area contributed by atoms with Gasteiger partial charge in [0.2, 0.25) is 0 Å². The van der Waals surface area contributed by atoms with Crippen molar-refractivity contribution in [2.24, 2.45) is 5.92 Å². The number of Topliss-reactive ketones (excluding diaryl/α,β-unsaturated/α-hetero) is 1. The molecule has 0 amide bonds. The van der Waals surface area contributed by atoms with Gasteiger partial charge in [-0.2, -0.15) is 0 Å². The molecular weight excluding hydrogens is 412 g/mol. The SMILES string of the molecule is CCCCOC[C@H]1C(=O)[C@@H](OCOC)[C@H](OCCCC)[C@@H](OCCCC)[C@@H]1OCCCC. The van der Waals surface area contributed by atoms with Crippen molar-refractivity contribution >= 4 is 5.78 Å². The number of ether oxygens (including phenoxy) is 6. The molecule has 1 rings (SSSR count). The molecule has 0 aliphatic heterocycles. The Morgan fingerprint density at radius 2 is 1.16 bits per heavy atom. The molecule has 0 unspecified atom stereocenters. The van der Waals surface area contributed by atoms with Gasteiger partial charge in [0, 0.05) is 33.5 Å². The number of carbonyl (C=O) groups excluding carboxylic acids is 1. The van der Waals surface area contributed by atoms with Crippen LogP contribution in [0.15, 0.2) is 0 Å². The van der Waals surface area contributed by atoms with Crippen molar-refractivity contribution in [3.8, 4) is 0 Å². The van der Waals surface area contributed by atoms with Gasteiger partial charge in [-0.25, -0.2) is 0 Å². The summed E-state index contributed by atoms with van der Waals surface area (Å²) < 4.78 is 35.8. The number of rotatable bonds is 20. The van der Waals surface area contributed by atoms with Crippen LogP contribution in [0, 0.1) is 5.92 Å². The van der Waals surface area contributed by atoms with Crippen LogP contribution < -0.4 is 0 Å². The lowest BCUT2D eigenvalue weighted by atomic mass is 9.79. The predicted octanol–water partition coefficient (Wildman–Crippen LogP) is 4.55. The number of carbonyl (C=O) groups is 1. The monoisotopic (exact) mass is 460 g/mol. The van der Waals surface area contributed by atoms with Gasteiger partial charge in [-0.15, -0.1) is 0 Å². The molecule has 7 nitrogen and oxygen atoms in total. The van der Waals surface area contributed by atoms with E-state index in [9.17, 15) is 4.79 Å². The maximum Gasteiger partial charge on any atom is 0.172 e. The number of hydrogen-bond acceptors (Lipinski definition) is 7. The molecule has 32 heavy (non-hydrogen) atoms. The van der Waals surface area contributed by atoms with Crippen LogP contribution in [0.4, 0.5) is 0 Å². The average molecular weight is 461 g/mol. The first-order chi connectivity index (χ1) is 15.7. The van der Waals surface area contributed by atoms with Crippen LogP contribution in [0.25, 0.3) is 0 Å². The maximum atomic E-state index is 13.6. The summed E-state index contributed by atoms with van der Waals surface area (Å²) in [5.41, 5.74) is 0. The van der Waals surface area contributed by atoms with E-state index in [1.54, 1.807) is 7.11 Å². The number of methoxy groups -OCH3 is 1. The van der Waals surface area contributed by atoms with Gasteiger partial charge in [-0.05, 0) is 25.7 Å². The van der Waals surface area contributed by atoms with Crippen molar-refractivity contribution < 1.29 is 33.2 Å². The second-order valence-corrected chi connectivity index (χ2v) is 8.50. The average Bonchev–Trinajstić information content (AvgIpc) is 2.79. The molecule has 0 bridgehead atoms. The van der Waals surface area contributed by atoms with Crippen LogP contribution in [-0.2, 0) is 33.2 Å². The van der Waals surface area contributed by atoms with Crippen LogP contribution in [0.1, 0.15) is 79.1 Å². The van der Waals surface area contributed by atoms with Crippen molar-refractivity contribution in [3.63, 3.8) is 0 Å². The van der Waals surface area contributed by atoms with E-state index in [1.807, 2.05) is 0 Å². The molecule has 5 atom stereocenters. The summed E-state index contributed by atoms with van der Waals surface area (Å²) in [5.74, 6) is -0.500. The molecule has 0 radical (unpaired) electrons. The van der Waals surface area contributed by atoms with Gasteiger partial charge in [0.25, 0.3) is 0 Å². The van der Waals surface area contributed by atoms with E-state index in [1.165, 1.54) is 0 Å². The van der Waals surface area contributed by atoms with Crippen LogP contribution in [0.2, 0.25) is 0 Å². The van der Waals surface area contributed by atoms with Crippen molar-refractivity contribution in [2.45, 2.75) is 103 Å². The van der Waals surface area contributed by atoms with E-state index in [-0.39, 0.29) is 12.6 Å². The third kappa shape index (κ3) is 10.1. The van der Waals surface area contributed by atoms with Crippen molar-refractivity contribution in [3.05, 3.63) is 0 Å². The Labute approximate surface area is 195 Å². The number of ketones is 1.